The predicted octanol–water partition coefficient (Wildman–Crippen LogP) is 5.11. The minimum atomic E-state index is -0.254. The van der Waals surface area contributed by atoms with Crippen molar-refractivity contribution in [3.05, 3.63) is 82.6 Å². The summed E-state index contributed by atoms with van der Waals surface area (Å²) in [5.41, 5.74) is 3.19. The molecule has 3 aromatic rings. The van der Waals surface area contributed by atoms with E-state index in [1.807, 2.05) is 25.1 Å². The molecule has 0 unspecified atom stereocenters. The Morgan fingerprint density at radius 2 is 1.79 bits per heavy atom. The lowest BCUT2D eigenvalue weighted by molar-refractivity contribution is 0.102. The van der Waals surface area contributed by atoms with Crippen LogP contribution in [0.5, 0.6) is 0 Å². The Labute approximate surface area is 170 Å². The molecule has 144 valence electrons. The summed E-state index contributed by atoms with van der Waals surface area (Å²) in [5, 5.41) is 3.51. The number of halogens is 1. The van der Waals surface area contributed by atoms with Crippen LogP contribution in [0.15, 0.2) is 60.9 Å². The third-order valence-corrected chi connectivity index (χ3v) is 4.65. The number of aryl methyl sites for hydroxylation is 1. The van der Waals surface area contributed by atoms with Crippen molar-refractivity contribution in [2.24, 2.45) is 0 Å². The molecular formula is C22H23ClN4O. The number of amides is 1. The van der Waals surface area contributed by atoms with Crippen molar-refractivity contribution in [2.75, 3.05) is 10.2 Å². The highest BCUT2D eigenvalue weighted by Crippen LogP contribution is 2.21. The molecule has 0 radical (unpaired) electrons. The lowest BCUT2D eigenvalue weighted by Gasteiger charge is -2.26. The Morgan fingerprint density at radius 1 is 1.11 bits per heavy atom. The molecule has 0 aliphatic carbocycles. The molecule has 0 fully saturated rings. The van der Waals surface area contributed by atoms with Gasteiger partial charge >= 0.3 is 0 Å². The highest BCUT2D eigenvalue weighted by molar-refractivity contribution is 6.30. The zero-order valence-corrected chi connectivity index (χ0v) is 16.9. The minimum Gasteiger partial charge on any atom is -0.334 e. The number of hydrogen-bond donors (Lipinski definition) is 1. The largest absolute Gasteiger partial charge is 0.334 e. The molecule has 0 aliphatic rings. The minimum absolute atomic E-state index is 0.219. The van der Waals surface area contributed by atoms with Crippen LogP contribution < -0.4 is 10.2 Å². The zero-order valence-electron chi connectivity index (χ0n) is 16.2. The number of nitrogens with one attached hydrogen (secondary N) is 1. The van der Waals surface area contributed by atoms with Gasteiger partial charge in [-0.15, -0.1) is 0 Å². The number of aromatic nitrogens is 2. The molecule has 0 saturated heterocycles. The first-order chi connectivity index (χ1) is 13.4. The first-order valence-corrected chi connectivity index (χ1v) is 9.52. The summed E-state index contributed by atoms with van der Waals surface area (Å²) in [4.78, 5) is 23.5. The molecule has 6 heteroatoms. The Balaban J connectivity index is 1.74. The van der Waals surface area contributed by atoms with E-state index >= 15 is 0 Å². The van der Waals surface area contributed by atoms with Gasteiger partial charge in [0, 0.05) is 35.7 Å². The second-order valence-corrected chi connectivity index (χ2v) is 7.33. The van der Waals surface area contributed by atoms with E-state index in [4.69, 9.17) is 11.6 Å². The van der Waals surface area contributed by atoms with Crippen LogP contribution in [0.4, 0.5) is 11.6 Å². The molecule has 0 saturated carbocycles. The number of rotatable bonds is 6. The fourth-order valence-corrected chi connectivity index (χ4v) is 3.04. The van der Waals surface area contributed by atoms with Crippen LogP contribution in [0.3, 0.4) is 0 Å². The molecule has 0 aliphatic heterocycles. The lowest BCUT2D eigenvalue weighted by Crippen LogP contribution is -2.31. The summed E-state index contributed by atoms with van der Waals surface area (Å²) in [6.45, 7) is 6.78. The molecule has 5 nitrogen and oxygen atoms in total. The van der Waals surface area contributed by atoms with Crippen molar-refractivity contribution in [1.29, 1.82) is 0 Å². The maximum Gasteiger partial charge on any atom is 0.258 e. The fraction of sp³-hybridized carbons (Fsp3) is 0.227. The van der Waals surface area contributed by atoms with E-state index in [0.717, 1.165) is 5.56 Å². The second kappa shape index (κ2) is 8.85. The van der Waals surface area contributed by atoms with Gasteiger partial charge in [0.25, 0.3) is 5.91 Å². The summed E-state index contributed by atoms with van der Waals surface area (Å²) in [6.07, 6.45) is 3.12. The third kappa shape index (κ3) is 4.87. The molecule has 1 aromatic heterocycles. The number of benzene rings is 2. The molecule has 28 heavy (non-hydrogen) atoms. The molecule has 1 heterocycles. The van der Waals surface area contributed by atoms with Gasteiger partial charge in [-0.1, -0.05) is 41.9 Å². The van der Waals surface area contributed by atoms with Crippen LogP contribution in [-0.2, 0) is 6.54 Å². The summed E-state index contributed by atoms with van der Waals surface area (Å²) < 4.78 is 0. The molecule has 0 bridgehead atoms. The van der Waals surface area contributed by atoms with Crippen LogP contribution in [0.1, 0.15) is 35.3 Å². The smallest absolute Gasteiger partial charge is 0.258 e. The SMILES string of the molecule is Cc1cc(Cl)ccc1NC(=O)c1cnc(N(Cc2ccccc2)C(C)C)nc1. The predicted molar refractivity (Wildman–Crippen MR) is 114 cm³/mol. The first-order valence-electron chi connectivity index (χ1n) is 9.14. The number of hydrogen-bond acceptors (Lipinski definition) is 4. The highest BCUT2D eigenvalue weighted by atomic mass is 35.5. The van der Waals surface area contributed by atoms with E-state index in [1.165, 1.54) is 5.56 Å². The van der Waals surface area contributed by atoms with Crippen molar-refractivity contribution in [2.45, 2.75) is 33.4 Å². The summed E-state index contributed by atoms with van der Waals surface area (Å²) >= 11 is 5.96. The van der Waals surface area contributed by atoms with Crippen LogP contribution >= 0.6 is 11.6 Å². The van der Waals surface area contributed by atoms with Gasteiger partial charge < -0.3 is 10.2 Å². The monoisotopic (exact) mass is 394 g/mol. The van der Waals surface area contributed by atoms with Gasteiger partial charge in [0.05, 0.1) is 5.56 Å². The van der Waals surface area contributed by atoms with Crippen molar-refractivity contribution in [3.63, 3.8) is 0 Å². The first kappa shape index (κ1) is 19.8. The quantitative estimate of drug-likeness (QED) is 0.631. The van der Waals surface area contributed by atoms with Gasteiger partial charge in [-0.25, -0.2) is 9.97 Å². The van der Waals surface area contributed by atoms with Crippen LogP contribution in [-0.4, -0.2) is 21.9 Å². The van der Waals surface area contributed by atoms with Gasteiger partial charge in [0.15, 0.2) is 0 Å². The standard InChI is InChI=1S/C22H23ClN4O/c1-15(2)27(14-17-7-5-4-6-8-17)22-24-12-18(13-25-22)21(28)26-20-10-9-19(23)11-16(20)3/h4-13,15H,14H2,1-3H3,(H,26,28). The molecule has 0 atom stereocenters. The Bertz CT molecular complexity index is 943. The van der Waals surface area contributed by atoms with E-state index in [0.29, 0.717) is 28.8 Å². The molecular weight excluding hydrogens is 372 g/mol. The van der Waals surface area contributed by atoms with Crippen LogP contribution in [0.2, 0.25) is 5.02 Å². The van der Waals surface area contributed by atoms with Crippen LogP contribution in [0, 0.1) is 6.92 Å². The molecule has 3 rings (SSSR count). The van der Waals surface area contributed by atoms with Crippen molar-refractivity contribution in [1.82, 2.24) is 9.97 Å². The maximum atomic E-state index is 12.5. The van der Waals surface area contributed by atoms with Crippen LogP contribution in [0.25, 0.3) is 0 Å². The second-order valence-electron chi connectivity index (χ2n) is 6.89. The highest BCUT2D eigenvalue weighted by Gasteiger charge is 2.16. The average Bonchev–Trinajstić information content (AvgIpc) is 2.69. The number of carbonyl (C=O) groups is 1. The van der Waals surface area contributed by atoms with E-state index in [9.17, 15) is 4.79 Å². The van der Waals surface area contributed by atoms with Gasteiger partial charge in [-0.2, -0.15) is 0 Å². The van der Waals surface area contributed by atoms with E-state index in [2.05, 4.69) is 46.2 Å². The van der Waals surface area contributed by atoms with Crippen molar-refractivity contribution < 1.29 is 4.79 Å². The van der Waals surface area contributed by atoms with Gasteiger partial charge in [-0.05, 0) is 50.1 Å². The molecule has 0 spiro atoms. The number of nitrogens with zero attached hydrogens (tertiary/aromatic N) is 3. The van der Waals surface area contributed by atoms with Gasteiger partial charge in [-0.3, -0.25) is 4.79 Å². The number of anilines is 2. The molecule has 1 N–H and O–H groups in total. The van der Waals surface area contributed by atoms with Crippen molar-refractivity contribution in [3.8, 4) is 0 Å². The maximum absolute atomic E-state index is 12.5. The summed E-state index contributed by atoms with van der Waals surface area (Å²) in [6, 6.07) is 15.7. The normalized spacial score (nSPS) is 10.8. The molecule has 1 amide bonds. The summed E-state index contributed by atoms with van der Waals surface area (Å²) in [7, 11) is 0. The third-order valence-electron chi connectivity index (χ3n) is 4.41. The Kier molecular flexibility index (Phi) is 6.26. The molecule has 2 aromatic carbocycles. The van der Waals surface area contributed by atoms with E-state index < -0.39 is 0 Å². The van der Waals surface area contributed by atoms with E-state index in [1.54, 1.807) is 30.6 Å². The Morgan fingerprint density at radius 3 is 2.39 bits per heavy atom. The van der Waals surface area contributed by atoms with Crippen molar-refractivity contribution >= 4 is 29.1 Å². The average molecular weight is 395 g/mol. The van der Waals surface area contributed by atoms with E-state index in [-0.39, 0.29) is 11.9 Å². The lowest BCUT2D eigenvalue weighted by atomic mass is 10.2. The van der Waals surface area contributed by atoms with Gasteiger partial charge in [0.2, 0.25) is 5.95 Å². The topological polar surface area (TPSA) is 58.1 Å². The number of carbonyl (C=O) groups excluding carboxylic acids is 1. The van der Waals surface area contributed by atoms with Gasteiger partial charge in [0.1, 0.15) is 0 Å². The Hall–Kier alpha value is -2.92. The fourth-order valence-electron chi connectivity index (χ4n) is 2.81. The summed E-state index contributed by atoms with van der Waals surface area (Å²) in [5.74, 6) is 0.342. The zero-order chi connectivity index (χ0) is 20.1.